The van der Waals surface area contributed by atoms with Crippen molar-refractivity contribution in [2.45, 2.75) is 19.3 Å². The molecule has 0 amide bonds. The summed E-state index contributed by atoms with van der Waals surface area (Å²) in [5.74, 6) is 1.18. The van der Waals surface area contributed by atoms with Gasteiger partial charge in [0.2, 0.25) is 0 Å². The van der Waals surface area contributed by atoms with Crippen molar-refractivity contribution < 1.29 is 14.3 Å². The molecule has 0 spiro atoms. The average Bonchev–Trinajstić information content (AvgIpc) is 2.38. The van der Waals surface area contributed by atoms with Crippen LogP contribution in [0.1, 0.15) is 29.6 Å². The molecule has 0 atom stereocenters. The molecule has 4 heteroatoms. The van der Waals surface area contributed by atoms with Gasteiger partial charge in [0.25, 0.3) is 0 Å². The molecule has 0 fully saturated rings. The van der Waals surface area contributed by atoms with E-state index < -0.39 is 0 Å². The number of carbonyl (C=O) groups excluding carboxylic acids is 1. The number of nitrogens with zero attached hydrogens (tertiary/aromatic N) is 1. The summed E-state index contributed by atoms with van der Waals surface area (Å²) in [7, 11) is 1.55. The number of rotatable bonds is 7. The highest BCUT2D eigenvalue weighted by Crippen LogP contribution is 2.22. The van der Waals surface area contributed by atoms with E-state index in [0.717, 1.165) is 19.1 Å². The normalized spacial score (nSPS) is 9.41. The Morgan fingerprint density at radius 2 is 2.24 bits per heavy atom. The Kier molecular flexibility index (Phi) is 5.59. The number of hydrogen-bond acceptors (Lipinski definition) is 4. The molecule has 0 N–H and O–H groups in total. The molecule has 90 valence electrons. The van der Waals surface area contributed by atoms with Gasteiger partial charge < -0.3 is 9.47 Å². The van der Waals surface area contributed by atoms with Crippen molar-refractivity contribution in [3.8, 4) is 17.6 Å². The largest absolute Gasteiger partial charge is 0.497 e. The Hall–Kier alpha value is -2.02. The summed E-state index contributed by atoms with van der Waals surface area (Å²) in [4.78, 5) is 10.9. The molecule has 0 saturated carbocycles. The number of ether oxygens (including phenoxy) is 2. The molecule has 1 aromatic rings. The third kappa shape index (κ3) is 4.15. The lowest BCUT2D eigenvalue weighted by molar-refractivity contribution is 0.111. The minimum Gasteiger partial charge on any atom is -0.497 e. The van der Waals surface area contributed by atoms with E-state index in [0.29, 0.717) is 30.1 Å². The van der Waals surface area contributed by atoms with E-state index in [2.05, 4.69) is 6.07 Å². The van der Waals surface area contributed by atoms with E-state index in [1.807, 2.05) is 0 Å². The van der Waals surface area contributed by atoms with Crippen LogP contribution in [0, 0.1) is 11.3 Å². The van der Waals surface area contributed by atoms with Crippen LogP contribution in [0.2, 0.25) is 0 Å². The number of hydrogen-bond donors (Lipinski definition) is 0. The molecular weight excluding hydrogens is 218 g/mol. The lowest BCUT2D eigenvalue weighted by atomic mass is 10.2. The molecule has 0 saturated heterocycles. The van der Waals surface area contributed by atoms with E-state index in [1.54, 1.807) is 25.3 Å². The predicted octanol–water partition coefficient (Wildman–Crippen LogP) is 2.58. The van der Waals surface area contributed by atoms with Crippen LogP contribution in [-0.4, -0.2) is 20.0 Å². The van der Waals surface area contributed by atoms with Crippen molar-refractivity contribution in [3.05, 3.63) is 23.8 Å². The topological polar surface area (TPSA) is 59.3 Å². The van der Waals surface area contributed by atoms with Gasteiger partial charge in [0.05, 0.1) is 25.3 Å². The van der Waals surface area contributed by atoms with Gasteiger partial charge in [0, 0.05) is 6.42 Å². The van der Waals surface area contributed by atoms with Crippen LogP contribution in [0.25, 0.3) is 0 Å². The first-order valence-electron chi connectivity index (χ1n) is 5.44. The Morgan fingerprint density at radius 1 is 1.41 bits per heavy atom. The second kappa shape index (κ2) is 7.29. The van der Waals surface area contributed by atoms with Gasteiger partial charge in [-0.3, -0.25) is 4.79 Å². The molecule has 1 rings (SSSR count). The van der Waals surface area contributed by atoms with Crippen LogP contribution in [0.4, 0.5) is 0 Å². The average molecular weight is 233 g/mol. The van der Waals surface area contributed by atoms with Gasteiger partial charge in [-0.15, -0.1) is 0 Å². The van der Waals surface area contributed by atoms with E-state index in [4.69, 9.17) is 14.7 Å². The van der Waals surface area contributed by atoms with Crippen LogP contribution in [-0.2, 0) is 0 Å². The third-order valence-electron chi connectivity index (χ3n) is 2.28. The van der Waals surface area contributed by atoms with Crippen LogP contribution < -0.4 is 9.47 Å². The molecule has 1 aromatic carbocycles. The van der Waals surface area contributed by atoms with Gasteiger partial charge in [0.15, 0.2) is 6.29 Å². The summed E-state index contributed by atoms with van der Waals surface area (Å²) in [5, 5.41) is 8.37. The Labute approximate surface area is 101 Å². The first kappa shape index (κ1) is 13.0. The van der Waals surface area contributed by atoms with Crippen molar-refractivity contribution in [1.82, 2.24) is 0 Å². The van der Waals surface area contributed by atoms with E-state index in [-0.39, 0.29) is 0 Å². The minimum absolute atomic E-state index is 0.477. The Morgan fingerprint density at radius 3 is 2.88 bits per heavy atom. The van der Waals surface area contributed by atoms with E-state index >= 15 is 0 Å². The van der Waals surface area contributed by atoms with Crippen LogP contribution in [0.5, 0.6) is 11.5 Å². The number of unbranched alkanes of at least 4 members (excludes halogenated alkanes) is 2. The van der Waals surface area contributed by atoms with Crippen LogP contribution in [0.3, 0.4) is 0 Å². The third-order valence-corrected chi connectivity index (χ3v) is 2.28. The Balaban J connectivity index is 2.53. The lowest BCUT2D eigenvalue weighted by Gasteiger charge is -2.09. The zero-order valence-electron chi connectivity index (χ0n) is 9.81. The SMILES string of the molecule is COc1ccc(OCCCCC#N)c(C=O)c1. The van der Waals surface area contributed by atoms with Crippen molar-refractivity contribution in [2.75, 3.05) is 13.7 Å². The first-order chi connectivity index (χ1) is 8.31. The van der Waals surface area contributed by atoms with Crippen molar-refractivity contribution >= 4 is 6.29 Å². The van der Waals surface area contributed by atoms with Gasteiger partial charge >= 0.3 is 0 Å². The molecule has 4 nitrogen and oxygen atoms in total. The molecule has 0 radical (unpaired) electrons. The molecule has 0 aliphatic heterocycles. The predicted molar refractivity (Wildman–Crippen MR) is 63.3 cm³/mol. The maximum Gasteiger partial charge on any atom is 0.153 e. The van der Waals surface area contributed by atoms with E-state index in [9.17, 15) is 4.79 Å². The summed E-state index contributed by atoms with van der Waals surface area (Å²) >= 11 is 0. The zero-order valence-corrected chi connectivity index (χ0v) is 9.81. The second-order valence-electron chi connectivity index (χ2n) is 3.49. The highest BCUT2D eigenvalue weighted by Gasteiger charge is 2.04. The number of nitriles is 1. The van der Waals surface area contributed by atoms with Crippen LogP contribution >= 0.6 is 0 Å². The number of methoxy groups -OCH3 is 1. The molecule has 17 heavy (non-hydrogen) atoms. The molecule has 0 aromatic heterocycles. The van der Waals surface area contributed by atoms with Gasteiger partial charge in [0.1, 0.15) is 11.5 Å². The highest BCUT2D eigenvalue weighted by atomic mass is 16.5. The number of aldehydes is 1. The maximum atomic E-state index is 10.9. The molecule has 0 bridgehead atoms. The second-order valence-corrected chi connectivity index (χ2v) is 3.49. The fourth-order valence-electron chi connectivity index (χ4n) is 1.37. The fourth-order valence-corrected chi connectivity index (χ4v) is 1.37. The van der Waals surface area contributed by atoms with Crippen molar-refractivity contribution in [3.63, 3.8) is 0 Å². The van der Waals surface area contributed by atoms with Gasteiger partial charge in [-0.1, -0.05) is 0 Å². The molecule has 0 aliphatic carbocycles. The fraction of sp³-hybridized carbons (Fsp3) is 0.385. The monoisotopic (exact) mass is 233 g/mol. The smallest absolute Gasteiger partial charge is 0.153 e. The van der Waals surface area contributed by atoms with Gasteiger partial charge in [-0.25, -0.2) is 0 Å². The van der Waals surface area contributed by atoms with Crippen LogP contribution in [0.15, 0.2) is 18.2 Å². The van der Waals surface area contributed by atoms with Gasteiger partial charge in [-0.2, -0.15) is 5.26 Å². The standard InChI is InChI=1S/C13H15NO3/c1-16-12-5-6-13(11(9-12)10-15)17-8-4-2-3-7-14/h5-6,9-10H,2-4,8H2,1H3. The minimum atomic E-state index is 0.477. The summed E-state index contributed by atoms with van der Waals surface area (Å²) in [6, 6.07) is 7.18. The van der Waals surface area contributed by atoms with Crippen molar-refractivity contribution in [1.29, 1.82) is 5.26 Å². The van der Waals surface area contributed by atoms with Crippen molar-refractivity contribution in [2.24, 2.45) is 0 Å². The number of benzene rings is 1. The zero-order chi connectivity index (χ0) is 12.5. The quantitative estimate of drug-likeness (QED) is 0.536. The molecule has 0 heterocycles. The molecular formula is C13H15NO3. The summed E-state index contributed by atoms with van der Waals surface area (Å²) in [6.07, 6.45) is 2.89. The molecule has 0 aliphatic rings. The molecule has 0 unspecified atom stereocenters. The Bertz CT molecular complexity index is 410. The highest BCUT2D eigenvalue weighted by molar-refractivity contribution is 5.80. The maximum absolute atomic E-state index is 10.9. The number of carbonyl (C=O) groups is 1. The van der Waals surface area contributed by atoms with Gasteiger partial charge in [-0.05, 0) is 31.0 Å². The summed E-state index contributed by atoms with van der Waals surface area (Å²) in [6.45, 7) is 0.509. The van der Waals surface area contributed by atoms with E-state index in [1.165, 1.54) is 0 Å². The summed E-state index contributed by atoms with van der Waals surface area (Å²) in [5.41, 5.74) is 0.477. The lowest BCUT2D eigenvalue weighted by Crippen LogP contribution is -2.00. The summed E-state index contributed by atoms with van der Waals surface area (Å²) < 4.78 is 10.5. The first-order valence-corrected chi connectivity index (χ1v) is 5.44.